The van der Waals surface area contributed by atoms with Gasteiger partial charge in [-0.25, -0.2) is 0 Å². The van der Waals surface area contributed by atoms with E-state index in [4.69, 9.17) is 14.1 Å². The molecule has 29 heavy (non-hydrogen) atoms. The van der Waals surface area contributed by atoms with Gasteiger partial charge in [-0.3, -0.25) is 4.98 Å². The predicted molar refractivity (Wildman–Crippen MR) is 118 cm³/mol. The van der Waals surface area contributed by atoms with Crippen LogP contribution in [0.1, 0.15) is 30.1 Å². The zero-order valence-electron chi connectivity index (χ0n) is 17.9. The van der Waals surface area contributed by atoms with Crippen LogP contribution in [-0.4, -0.2) is 49.3 Å². The second-order valence-electron chi connectivity index (χ2n) is 9.44. The largest absolute Gasteiger partial charge is 0.444 e. The van der Waals surface area contributed by atoms with Gasteiger partial charge in [-0.15, -0.1) is 0 Å². The summed E-state index contributed by atoms with van der Waals surface area (Å²) >= 11 is 0. The highest BCUT2D eigenvalue weighted by molar-refractivity contribution is 6.76. The third kappa shape index (κ3) is 4.25. The summed E-state index contributed by atoms with van der Waals surface area (Å²) in [6.45, 7) is 10.6. The normalized spacial score (nSPS) is 16.7. The minimum Gasteiger partial charge on any atom is -0.444 e. The van der Waals surface area contributed by atoms with Crippen molar-refractivity contribution in [3.05, 3.63) is 29.8 Å². The molecule has 0 saturated carbocycles. The van der Waals surface area contributed by atoms with Crippen molar-refractivity contribution in [2.45, 2.75) is 51.2 Å². The van der Waals surface area contributed by atoms with E-state index in [9.17, 15) is 5.26 Å². The molecule has 0 aliphatic carbocycles. The number of aromatic nitrogens is 2. The molecule has 3 aromatic rings. The Bertz CT molecular complexity index is 1050. The molecule has 1 aliphatic heterocycles. The summed E-state index contributed by atoms with van der Waals surface area (Å²) < 4.78 is 13.9. The fraction of sp³-hybridized carbons (Fsp3) is 0.545. The summed E-state index contributed by atoms with van der Waals surface area (Å²) in [6.07, 6.45) is 6.26. The Hall–Kier alpha value is -2.14. The number of pyridine rings is 1. The molecule has 0 aromatic carbocycles. The Morgan fingerprint density at radius 1 is 1.31 bits per heavy atom. The monoisotopic (exact) mass is 410 g/mol. The van der Waals surface area contributed by atoms with E-state index in [1.165, 1.54) is 5.56 Å². The van der Waals surface area contributed by atoms with Crippen LogP contribution in [0, 0.1) is 11.3 Å². The van der Waals surface area contributed by atoms with Gasteiger partial charge in [0.2, 0.25) is 5.76 Å². The SMILES string of the molecule is CN1CCC(c2cn(COCC[Si](C)(C)C)c3c2ncc2oc(C#N)cc23)CC1. The van der Waals surface area contributed by atoms with Crippen molar-refractivity contribution in [3.8, 4) is 6.07 Å². The lowest BCUT2D eigenvalue weighted by Gasteiger charge is -2.28. The Morgan fingerprint density at radius 3 is 2.76 bits per heavy atom. The molecular weight excluding hydrogens is 380 g/mol. The van der Waals surface area contributed by atoms with Gasteiger partial charge >= 0.3 is 0 Å². The summed E-state index contributed by atoms with van der Waals surface area (Å²) in [7, 11) is 1.06. The molecule has 4 heterocycles. The van der Waals surface area contributed by atoms with Crippen LogP contribution in [0.25, 0.3) is 22.0 Å². The van der Waals surface area contributed by atoms with Crippen LogP contribution in [0.3, 0.4) is 0 Å². The molecule has 4 rings (SSSR count). The van der Waals surface area contributed by atoms with Gasteiger partial charge in [0.05, 0.1) is 17.2 Å². The topological polar surface area (TPSA) is 67.2 Å². The van der Waals surface area contributed by atoms with Gasteiger partial charge in [0.15, 0.2) is 5.58 Å². The molecule has 0 spiro atoms. The van der Waals surface area contributed by atoms with Crippen LogP contribution < -0.4 is 0 Å². The number of furan rings is 1. The first-order chi connectivity index (χ1) is 13.9. The van der Waals surface area contributed by atoms with E-state index in [1.807, 2.05) is 6.07 Å². The summed E-state index contributed by atoms with van der Waals surface area (Å²) in [4.78, 5) is 7.14. The van der Waals surface area contributed by atoms with Crippen molar-refractivity contribution in [2.75, 3.05) is 26.7 Å². The van der Waals surface area contributed by atoms with E-state index in [0.717, 1.165) is 55.0 Å². The van der Waals surface area contributed by atoms with Crippen molar-refractivity contribution < 1.29 is 9.15 Å². The fourth-order valence-electron chi connectivity index (χ4n) is 4.11. The van der Waals surface area contributed by atoms with E-state index in [0.29, 0.717) is 24.0 Å². The number of hydrogen-bond donors (Lipinski definition) is 0. The molecule has 6 nitrogen and oxygen atoms in total. The quantitative estimate of drug-likeness (QED) is 0.432. The van der Waals surface area contributed by atoms with Gasteiger partial charge in [-0.05, 0) is 50.5 Å². The Balaban J connectivity index is 1.71. The maximum Gasteiger partial charge on any atom is 0.204 e. The zero-order valence-corrected chi connectivity index (χ0v) is 18.9. The lowest BCUT2D eigenvalue weighted by molar-refractivity contribution is 0.0902. The van der Waals surface area contributed by atoms with Crippen molar-refractivity contribution >= 4 is 30.1 Å². The molecule has 0 unspecified atom stereocenters. The van der Waals surface area contributed by atoms with Gasteiger partial charge in [0.25, 0.3) is 0 Å². The van der Waals surface area contributed by atoms with Crippen molar-refractivity contribution in [1.82, 2.24) is 14.5 Å². The summed E-state index contributed by atoms with van der Waals surface area (Å²) in [5, 5.41) is 10.2. The minimum absolute atomic E-state index is 0.322. The molecule has 0 atom stereocenters. The highest BCUT2D eigenvalue weighted by Crippen LogP contribution is 2.36. The second-order valence-corrected chi connectivity index (χ2v) is 15.1. The third-order valence-corrected chi connectivity index (χ3v) is 7.61. The molecule has 154 valence electrons. The molecule has 3 aromatic heterocycles. The van der Waals surface area contributed by atoms with Crippen molar-refractivity contribution in [1.29, 1.82) is 5.26 Å². The molecule has 0 radical (unpaired) electrons. The van der Waals surface area contributed by atoms with E-state index >= 15 is 0 Å². The molecular formula is C22H30N4O2Si. The Morgan fingerprint density at radius 2 is 2.07 bits per heavy atom. The average Bonchev–Trinajstić information content (AvgIpc) is 3.26. The number of nitriles is 1. The lowest BCUT2D eigenvalue weighted by atomic mass is 9.90. The molecule has 1 fully saturated rings. The maximum atomic E-state index is 9.27. The highest BCUT2D eigenvalue weighted by atomic mass is 28.3. The van der Waals surface area contributed by atoms with Crippen LogP contribution in [-0.2, 0) is 11.5 Å². The van der Waals surface area contributed by atoms with Crippen LogP contribution in [0.4, 0.5) is 0 Å². The van der Waals surface area contributed by atoms with E-state index in [-0.39, 0.29) is 0 Å². The lowest BCUT2D eigenvalue weighted by Crippen LogP contribution is -2.29. The summed E-state index contributed by atoms with van der Waals surface area (Å²) in [5.74, 6) is 0.826. The van der Waals surface area contributed by atoms with Crippen LogP contribution in [0.15, 0.2) is 22.9 Å². The number of rotatable bonds is 6. The third-order valence-electron chi connectivity index (χ3n) is 5.90. The molecule has 1 aliphatic rings. The first-order valence-electron chi connectivity index (χ1n) is 10.4. The maximum absolute atomic E-state index is 9.27. The van der Waals surface area contributed by atoms with Gasteiger partial charge in [0, 0.05) is 32.3 Å². The van der Waals surface area contributed by atoms with E-state index < -0.39 is 8.07 Å². The van der Waals surface area contributed by atoms with Crippen LogP contribution in [0.5, 0.6) is 0 Å². The number of likely N-dealkylation sites (tertiary alicyclic amines) is 1. The summed E-state index contributed by atoms with van der Waals surface area (Å²) in [5.41, 5.74) is 4.00. The van der Waals surface area contributed by atoms with E-state index in [2.05, 4.69) is 48.4 Å². The zero-order chi connectivity index (χ0) is 20.6. The Labute approximate surface area is 173 Å². The standard InChI is InChI=1S/C22H30N4O2Si/c1-25-7-5-16(6-8-25)19-14-26(15-27-9-10-29(2,3)4)22-18-11-17(12-23)28-20(18)13-24-21(19)22/h11,13-14,16H,5-10,15H2,1-4H3. The molecule has 0 amide bonds. The molecule has 0 bridgehead atoms. The molecule has 7 heteroatoms. The molecule has 0 N–H and O–H groups in total. The number of fused-ring (bicyclic) bond motifs is 3. The average molecular weight is 411 g/mol. The summed E-state index contributed by atoms with van der Waals surface area (Å²) in [6, 6.07) is 5.08. The number of ether oxygens (including phenoxy) is 1. The second kappa shape index (κ2) is 7.94. The Kier molecular flexibility index (Phi) is 5.51. The van der Waals surface area contributed by atoms with Gasteiger partial charge < -0.3 is 18.6 Å². The first-order valence-corrected chi connectivity index (χ1v) is 14.1. The van der Waals surface area contributed by atoms with E-state index in [1.54, 1.807) is 6.20 Å². The van der Waals surface area contributed by atoms with Crippen LogP contribution >= 0.6 is 0 Å². The van der Waals surface area contributed by atoms with Crippen molar-refractivity contribution in [2.24, 2.45) is 0 Å². The smallest absolute Gasteiger partial charge is 0.204 e. The van der Waals surface area contributed by atoms with Crippen molar-refractivity contribution in [3.63, 3.8) is 0 Å². The predicted octanol–water partition coefficient (Wildman–Crippen LogP) is 4.78. The van der Waals surface area contributed by atoms with Gasteiger partial charge in [-0.2, -0.15) is 5.26 Å². The van der Waals surface area contributed by atoms with Gasteiger partial charge in [-0.1, -0.05) is 19.6 Å². The minimum atomic E-state index is -1.12. The number of hydrogen-bond acceptors (Lipinski definition) is 5. The fourth-order valence-corrected chi connectivity index (χ4v) is 4.87. The number of nitrogens with zero attached hydrogens (tertiary/aromatic N) is 4. The first kappa shape index (κ1) is 20.1. The van der Waals surface area contributed by atoms with Gasteiger partial charge in [0.1, 0.15) is 12.8 Å². The number of piperidine rings is 1. The molecule has 1 saturated heterocycles. The van der Waals surface area contributed by atoms with Crippen LogP contribution in [0.2, 0.25) is 25.7 Å². The highest BCUT2D eigenvalue weighted by Gasteiger charge is 2.25.